The number of aliphatic hydroxyl groups is 1. The molecule has 0 bridgehead atoms. The van der Waals surface area contributed by atoms with Crippen LogP contribution in [0.5, 0.6) is 0 Å². The van der Waals surface area contributed by atoms with Gasteiger partial charge in [-0.1, -0.05) is 6.07 Å². The second-order valence-electron chi connectivity index (χ2n) is 4.45. The number of morpholine rings is 1. The maximum Gasteiger partial charge on any atom is 0.243 e. The second-order valence-corrected chi connectivity index (χ2v) is 6.36. The minimum atomic E-state index is -3.81. The van der Waals surface area contributed by atoms with Crippen LogP contribution < -0.4 is 0 Å². The fourth-order valence-electron chi connectivity index (χ4n) is 2.04. The summed E-state index contributed by atoms with van der Waals surface area (Å²) in [6.45, 7) is 2.09. The number of hydrogen-bond acceptors (Lipinski definition) is 4. The van der Waals surface area contributed by atoms with E-state index in [1.54, 1.807) is 6.92 Å². The predicted octanol–water partition coefficient (Wildman–Crippen LogP) is 0.727. The largest absolute Gasteiger partial charge is 0.392 e. The first-order chi connectivity index (χ1) is 8.95. The molecule has 2 rings (SSSR count). The van der Waals surface area contributed by atoms with Gasteiger partial charge in [-0.15, -0.1) is 0 Å². The van der Waals surface area contributed by atoms with Gasteiger partial charge in [-0.25, -0.2) is 12.8 Å². The van der Waals surface area contributed by atoms with Crippen molar-refractivity contribution >= 4 is 10.0 Å². The van der Waals surface area contributed by atoms with E-state index in [1.165, 1.54) is 10.4 Å². The summed E-state index contributed by atoms with van der Waals surface area (Å²) in [5, 5.41) is 9.19. The summed E-state index contributed by atoms with van der Waals surface area (Å²) in [6, 6.07) is 3.36. The molecule has 1 aromatic carbocycles. The first-order valence-corrected chi connectivity index (χ1v) is 7.40. The van der Waals surface area contributed by atoms with Gasteiger partial charge >= 0.3 is 0 Å². The summed E-state index contributed by atoms with van der Waals surface area (Å²) >= 11 is 0. The quantitative estimate of drug-likeness (QED) is 0.890. The zero-order chi connectivity index (χ0) is 14.0. The van der Waals surface area contributed by atoms with Crippen molar-refractivity contribution in [1.82, 2.24) is 4.31 Å². The van der Waals surface area contributed by atoms with E-state index >= 15 is 0 Å². The van der Waals surface area contributed by atoms with Crippen molar-refractivity contribution in [2.45, 2.75) is 24.5 Å². The molecule has 0 spiro atoms. The number of benzene rings is 1. The van der Waals surface area contributed by atoms with E-state index in [9.17, 15) is 17.9 Å². The minimum Gasteiger partial charge on any atom is -0.392 e. The van der Waals surface area contributed by atoms with Gasteiger partial charge in [-0.2, -0.15) is 4.31 Å². The van der Waals surface area contributed by atoms with Gasteiger partial charge in [0.25, 0.3) is 0 Å². The number of sulfonamides is 1. The maximum absolute atomic E-state index is 13.3. The molecule has 0 aromatic heterocycles. The molecule has 1 aromatic rings. The lowest BCUT2D eigenvalue weighted by Crippen LogP contribution is -2.44. The van der Waals surface area contributed by atoms with Crippen LogP contribution in [0.3, 0.4) is 0 Å². The number of ether oxygens (including phenoxy) is 1. The molecule has 1 N–H and O–H groups in total. The molecule has 1 atom stereocenters. The zero-order valence-corrected chi connectivity index (χ0v) is 11.4. The first-order valence-electron chi connectivity index (χ1n) is 5.96. The lowest BCUT2D eigenvalue weighted by molar-refractivity contribution is 0.0101. The van der Waals surface area contributed by atoms with Gasteiger partial charge in [0.1, 0.15) is 5.82 Å². The third-order valence-electron chi connectivity index (χ3n) is 3.02. The summed E-state index contributed by atoms with van der Waals surface area (Å²) in [6.07, 6.45) is -0.199. The summed E-state index contributed by atoms with van der Waals surface area (Å²) in [4.78, 5) is -0.177. The van der Waals surface area contributed by atoms with Gasteiger partial charge in [0.05, 0.1) is 24.2 Å². The molecule has 1 aliphatic heterocycles. The van der Waals surface area contributed by atoms with Crippen LogP contribution in [0.2, 0.25) is 0 Å². The average Bonchev–Trinajstić information content (AvgIpc) is 2.38. The van der Waals surface area contributed by atoms with E-state index in [1.807, 2.05) is 0 Å². The number of nitrogens with zero attached hydrogens (tertiary/aromatic N) is 1. The van der Waals surface area contributed by atoms with E-state index in [4.69, 9.17) is 4.74 Å². The molecule has 0 radical (unpaired) electrons. The van der Waals surface area contributed by atoms with Gasteiger partial charge in [0.15, 0.2) is 0 Å². The Hall–Kier alpha value is -1.02. The molecule has 1 saturated heterocycles. The summed E-state index contributed by atoms with van der Waals surface area (Å²) in [5.74, 6) is -0.642. The van der Waals surface area contributed by atoms with Crippen molar-refractivity contribution in [3.63, 3.8) is 0 Å². The highest BCUT2D eigenvalue weighted by atomic mass is 32.2. The Labute approximate surface area is 111 Å². The van der Waals surface area contributed by atoms with Crippen LogP contribution in [-0.4, -0.2) is 43.6 Å². The average molecular weight is 289 g/mol. The first kappa shape index (κ1) is 14.4. The topological polar surface area (TPSA) is 66.8 Å². The predicted molar refractivity (Wildman–Crippen MR) is 66.5 cm³/mol. The molecule has 0 saturated carbocycles. The molecular weight excluding hydrogens is 273 g/mol. The van der Waals surface area contributed by atoms with Crippen molar-refractivity contribution < 1.29 is 22.7 Å². The van der Waals surface area contributed by atoms with Crippen LogP contribution in [-0.2, 0) is 21.4 Å². The highest BCUT2D eigenvalue weighted by molar-refractivity contribution is 7.89. The summed E-state index contributed by atoms with van der Waals surface area (Å²) < 4.78 is 44.7. The van der Waals surface area contributed by atoms with Gasteiger partial charge in [-0.05, 0) is 24.6 Å². The number of hydrogen-bond donors (Lipinski definition) is 1. The standard InChI is InChI=1S/C12H16FNO4S/c1-9-7-14(4-5-18-9)19(16,17)12-6-11(13)3-2-10(12)8-15/h2-3,6,9,15H,4-5,7-8H2,1H3. The summed E-state index contributed by atoms with van der Waals surface area (Å²) in [7, 11) is -3.81. The number of halogens is 1. The molecule has 5 nitrogen and oxygen atoms in total. The van der Waals surface area contributed by atoms with Crippen molar-refractivity contribution in [2.75, 3.05) is 19.7 Å². The molecule has 0 amide bonds. The Morgan fingerprint density at radius 3 is 2.89 bits per heavy atom. The van der Waals surface area contributed by atoms with Crippen molar-refractivity contribution in [3.8, 4) is 0 Å². The van der Waals surface area contributed by atoms with Gasteiger partial charge in [0.2, 0.25) is 10.0 Å². The van der Waals surface area contributed by atoms with E-state index < -0.39 is 22.4 Å². The fourth-order valence-corrected chi connectivity index (χ4v) is 3.77. The molecule has 7 heteroatoms. The normalized spacial score (nSPS) is 21.5. The van der Waals surface area contributed by atoms with Crippen molar-refractivity contribution in [1.29, 1.82) is 0 Å². The van der Waals surface area contributed by atoms with Crippen LogP contribution >= 0.6 is 0 Å². The Bertz CT molecular complexity index is 561. The van der Waals surface area contributed by atoms with Crippen LogP contribution in [0.25, 0.3) is 0 Å². The molecule has 19 heavy (non-hydrogen) atoms. The minimum absolute atomic E-state index is 0.177. The Morgan fingerprint density at radius 1 is 1.53 bits per heavy atom. The molecule has 1 unspecified atom stereocenters. The van der Waals surface area contributed by atoms with Crippen LogP contribution in [0.15, 0.2) is 23.1 Å². The third kappa shape index (κ3) is 2.94. The highest BCUT2D eigenvalue weighted by Crippen LogP contribution is 2.23. The van der Waals surface area contributed by atoms with Crippen LogP contribution in [0, 0.1) is 5.82 Å². The molecule has 1 heterocycles. The Morgan fingerprint density at radius 2 is 2.26 bits per heavy atom. The Balaban J connectivity index is 2.41. The summed E-state index contributed by atoms with van der Waals surface area (Å²) in [5.41, 5.74) is 0.195. The number of aliphatic hydroxyl groups excluding tert-OH is 1. The lowest BCUT2D eigenvalue weighted by atomic mass is 10.2. The van der Waals surface area contributed by atoms with E-state index in [0.717, 1.165) is 12.1 Å². The number of rotatable bonds is 3. The molecule has 106 valence electrons. The molecule has 1 aliphatic rings. The highest BCUT2D eigenvalue weighted by Gasteiger charge is 2.30. The zero-order valence-electron chi connectivity index (χ0n) is 10.5. The van der Waals surface area contributed by atoms with Gasteiger partial charge < -0.3 is 9.84 Å². The van der Waals surface area contributed by atoms with E-state index in [0.29, 0.717) is 6.61 Å². The molecular formula is C12H16FNO4S. The van der Waals surface area contributed by atoms with E-state index in [2.05, 4.69) is 0 Å². The van der Waals surface area contributed by atoms with Crippen LogP contribution in [0.1, 0.15) is 12.5 Å². The van der Waals surface area contributed by atoms with Crippen molar-refractivity contribution in [3.05, 3.63) is 29.6 Å². The van der Waals surface area contributed by atoms with E-state index in [-0.39, 0.29) is 29.7 Å². The lowest BCUT2D eigenvalue weighted by Gasteiger charge is -2.30. The maximum atomic E-state index is 13.3. The van der Waals surface area contributed by atoms with Crippen LogP contribution in [0.4, 0.5) is 4.39 Å². The van der Waals surface area contributed by atoms with Gasteiger partial charge in [-0.3, -0.25) is 0 Å². The smallest absolute Gasteiger partial charge is 0.243 e. The van der Waals surface area contributed by atoms with Gasteiger partial charge in [0, 0.05) is 13.1 Å². The monoisotopic (exact) mass is 289 g/mol. The SMILES string of the molecule is CC1CN(S(=O)(=O)c2cc(F)ccc2CO)CCO1. The fraction of sp³-hybridized carbons (Fsp3) is 0.500. The third-order valence-corrected chi connectivity index (χ3v) is 4.97. The second kappa shape index (κ2) is 5.54. The molecule has 0 aliphatic carbocycles. The Kier molecular flexibility index (Phi) is 4.19. The molecule has 1 fully saturated rings. The van der Waals surface area contributed by atoms with Crippen molar-refractivity contribution in [2.24, 2.45) is 0 Å².